The first kappa shape index (κ1) is 17.1. The summed E-state index contributed by atoms with van der Waals surface area (Å²) in [6.07, 6.45) is 2.82. The Labute approximate surface area is 144 Å². The van der Waals surface area contributed by atoms with E-state index in [4.69, 9.17) is 5.26 Å². The molecule has 2 fully saturated rings. The van der Waals surface area contributed by atoms with Crippen molar-refractivity contribution >= 4 is 11.8 Å². The van der Waals surface area contributed by atoms with Gasteiger partial charge in [0.1, 0.15) is 11.6 Å². The first-order chi connectivity index (χ1) is 12.0. The van der Waals surface area contributed by atoms with E-state index in [9.17, 15) is 18.4 Å². The van der Waals surface area contributed by atoms with Crippen molar-refractivity contribution in [1.82, 2.24) is 15.1 Å². The molecule has 1 N–H and O–H groups in total. The summed E-state index contributed by atoms with van der Waals surface area (Å²) in [5.41, 5.74) is 0.219. The van der Waals surface area contributed by atoms with Crippen LogP contribution in [0.25, 0.3) is 0 Å². The fourth-order valence-corrected chi connectivity index (χ4v) is 3.24. The molecule has 132 valence electrons. The highest BCUT2D eigenvalue weighted by Gasteiger charge is 2.36. The molecule has 2 saturated heterocycles. The van der Waals surface area contributed by atoms with Gasteiger partial charge < -0.3 is 15.1 Å². The Balaban J connectivity index is 1.57. The van der Waals surface area contributed by atoms with Gasteiger partial charge >= 0.3 is 0 Å². The number of halogens is 2. The van der Waals surface area contributed by atoms with Crippen molar-refractivity contribution in [2.75, 3.05) is 19.6 Å². The van der Waals surface area contributed by atoms with E-state index in [-0.39, 0.29) is 42.9 Å². The predicted molar refractivity (Wildman–Crippen MR) is 83.6 cm³/mol. The third-order valence-electron chi connectivity index (χ3n) is 4.64. The molecule has 3 rings (SSSR count). The number of carbonyl (C=O) groups excluding carboxylic acids is 2. The van der Waals surface area contributed by atoms with E-state index in [0.29, 0.717) is 19.5 Å². The Morgan fingerprint density at radius 1 is 1.36 bits per heavy atom. The molecule has 2 atom stereocenters. The van der Waals surface area contributed by atoms with Gasteiger partial charge in [0.2, 0.25) is 11.8 Å². The SMILES string of the molecule is N#CN1CCC(NC(=O)C2CC(=O)N(Cc3ccc(F)cc3F)C2)C1. The van der Waals surface area contributed by atoms with Crippen LogP contribution in [0.4, 0.5) is 8.78 Å². The third-order valence-corrected chi connectivity index (χ3v) is 4.64. The summed E-state index contributed by atoms with van der Waals surface area (Å²) in [5.74, 6) is -2.32. The summed E-state index contributed by atoms with van der Waals surface area (Å²) < 4.78 is 26.7. The van der Waals surface area contributed by atoms with Gasteiger partial charge in [-0.15, -0.1) is 0 Å². The summed E-state index contributed by atoms with van der Waals surface area (Å²) in [5, 5.41) is 11.7. The Morgan fingerprint density at radius 3 is 2.84 bits per heavy atom. The molecule has 0 spiro atoms. The van der Waals surface area contributed by atoms with Crippen LogP contribution in [0.15, 0.2) is 18.2 Å². The highest BCUT2D eigenvalue weighted by atomic mass is 19.1. The number of rotatable bonds is 4. The monoisotopic (exact) mass is 348 g/mol. The summed E-state index contributed by atoms with van der Waals surface area (Å²) >= 11 is 0. The number of nitriles is 1. The second kappa shape index (κ2) is 7.05. The van der Waals surface area contributed by atoms with Crippen molar-refractivity contribution < 1.29 is 18.4 Å². The average molecular weight is 348 g/mol. The van der Waals surface area contributed by atoms with Gasteiger partial charge in [-0.25, -0.2) is 8.78 Å². The van der Waals surface area contributed by atoms with E-state index >= 15 is 0 Å². The zero-order chi connectivity index (χ0) is 18.0. The average Bonchev–Trinajstić information content (AvgIpc) is 3.17. The molecule has 0 aromatic heterocycles. The molecule has 0 saturated carbocycles. The number of benzene rings is 1. The van der Waals surface area contributed by atoms with Gasteiger partial charge in [-0.3, -0.25) is 9.59 Å². The molecule has 2 unspecified atom stereocenters. The van der Waals surface area contributed by atoms with Gasteiger partial charge in [0.15, 0.2) is 6.19 Å². The maximum Gasteiger partial charge on any atom is 0.225 e. The van der Waals surface area contributed by atoms with E-state index in [1.165, 1.54) is 11.0 Å². The van der Waals surface area contributed by atoms with E-state index in [1.807, 2.05) is 6.19 Å². The Bertz CT molecular complexity index is 734. The Morgan fingerprint density at radius 2 is 2.16 bits per heavy atom. The van der Waals surface area contributed by atoms with Crippen LogP contribution in [-0.2, 0) is 16.1 Å². The Hall–Kier alpha value is -2.69. The van der Waals surface area contributed by atoms with Crippen molar-refractivity contribution in [3.05, 3.63) is 35.4 Å². The second-order valence-corrected chi connectivity index (χ2v) is 6.45. The van der Waals surface area contributed by atoms with E-state index in [1.54, 1.807) is 4.90 Å². The first-order valence-corrected chi connectivity index (χ1v) is 8.13. The minimum absolute atomic E-state index is 0.0143. The van der Waals surface area contributed by atoms with Crippen LogP contribution in [0.3, 0.4) is 0 Å². The molecule has 0 bridgehead atoms. The van der Waals surface area contributed by atoms with Crippen LogP contribution >= 0.6 is 0 Å². The normalized spacial score (nSPS) is 23.0. The van der Waals surface area contributed by atoms with Gasteiger partial charge in [0, 0.05) is 50.3 Å². The van der Waals surface area contributed by atoms with Crippen molar-refractivity contribution in [1.29, 1.82) is 5.26 Å². The molecule has 1 aromatic carbocycles. The van der Waals surface area contributed by atoms with Crippen LogP contribution in [0.5, 0.6) is 0 Å². The number of carbonyl (C=O) groups is 2. The fraction of sp³-hybridized carbons (Fsp3) is 0.471. The molecule has 1 aromatic rings. The van der Waals surface area contributed by atoms with Crippen LogP contribution in [0.2, 0.25) is 0 Å². The number of nitrogens with zero attached hydrogens (tertiary/aromatic N) is 3. The maximum absolute atomic E-state index is 13.7. The molecule has 2 aliphatic heterocycles. The van der Waals surface area contributed by atoms with Crippen LogP contribution in [0, 0.1) is 29.0 Å². The third kappa shape index (κ3) is 3.87. The lowest BCUT2D eigenvalue weighted by Gasteiger charge is -2.18. The molecule has 6 nitrogen and oxygen atoms in total. The lowest BCUT2D eigenvalue weighted by atomic mass is 10.1. The number of hydrogen-bond acceptors (Lipinski definition) is 4. The predicted octanol–water partition coefficient (Wildman–Crippen LogP) is 0.985. The highest BCUT2D eigenvalue weighted by Crippen LogP contribution is 2.22. The zero-order valence-electron chi connectivity index (χ0n) is 13.5. The van der Waals surface area contributed by atoms with Crippen molar-refractivity contribution in [2.45, 2.75) is 25.4 Å². The van der Waals surface area contributed by atoms with Crippen LogP contribution in [0.1, 0.15) is 18.4 Å². The molecule has 0 aliphatic carbocycles. The Kier molecular flexibility index (Phi) is 4.83. The largest absolute Gasteiger partial charge is 0.351 e. The fourth-order valence-electron chi connectivity index (χ4n) is 3.24. The van der Waals surface area contributed by atoms with Gasteiger partial charge in [0.05, 0.1) is 5.92 Å². The smallest absolute Gasteiger partial charge is 0.225 e. The van der Waals surface area contributed by atoms with Crippen molar-refractivity contribution in [3.63, 3.8) is 0 Å². The van der Waals surface area contributed by atoms with Gasteiger partial charge in [-0.2, -0.15) is 5.26 Å². The van der Waals surface area contributed by atoms with Crippen LogP contribution < -0.4 is 5.32 Å². The topological polar surface area (TPSA) is 76.4 Å². The zero-order valence-corrected chi connectivity index (χ0v) is 13.5. The summed E-state index contributed by atoms with van der Waals surface area (Å²) in [7, 11) is 0. The standard InChI is InChI=1S/C17H18F2N4O2/c18-13-2-1-11(15(19)6-13)7-23-8-12(5-16(23)24)17(25)21-14-3-4-22(9-14)10-20/h1-2,6,12,14H,3-5,7-9H2,(H,21,25). The molecule has 2 heterocycles. The van der Waals surface area contributed by atoms with Crippen molar-refractivity contribution in [3.8, 4) is 6.19 Å². The second-order valence-electron chi connectivity index (χ2n) is 6.45. The van der Waals surface area contributed by atoms with E-state index in [0.717, 1.165) is 12.1 Å². The highest BCUT2D eigenvalue weighted by molar-refractivity contribution is 5.89. The first-order valence-electron chi connectivity index (χ1n) is 8.13. The van der Waals surface area contributed by atoms with Gasteiger partial charge in [0.25, 0.3) is 0 Å². The minimum atomic E-state index is -0.705. The summed E-state index contributed by atoms with van der Waals surface area (Å²) in [6, 6.07) is 3.14. The summed E-state index contributed by atoms with van der Waals surface area (Å²) in [6.45, 7) is 1.31. The number of nitrogens with one attached hydrogen (secondary N) is 1. The molecule has 2 aliphatic rings. The molecule has 25 heavy (non-hydrogen) atoms. The lowest BCUT2D eigenvalue weighted by Crippen LogP contribution is -2.41. The maximum atomic E-state index is 13.7. The molecular formula is C17H18F2N4O2. The van der Waals surface area contributed by atoms with E-state index < -0.39 is 17.6 Å². The molecular weight excluding hydrogens is 330 g/mol. The number of likely N-dealkylation sites (tertiary alicyclic amines) is 2. The van der Waals surface area contributed by atoms with E-state index in [2.05, 4.69) is 5.32 Å². The molecule has 0 radical (unpaired) electrons. The lowest BCUT2D eigenvalue weighted by molar-refractivity contribution is -0.129. The minimum Gasteiger partial charge on any atom is -0.351 e. The van der Waals surface area contributed by atoms with Gasteiger partial charge in [-0.1, -0.05) is 6.07 Å². The van der Waals surface area contributed by atoms with Crippen molar-refractivity contribution in [2.24, 2.45) is 5.92 Å². The van der Waals surface area contributed by atoms with Crippen LogP contribution in [-0.4, -0.2) is 47.3 Å². The number of hydrogen-bond donors (Lipinski definition) is 1. The molecule has 2 amide bonds. The summed E-state index contributed by atoms with van der Waals surface area (Å²) in [4.78, 5) is 27.4. The van der Waals surface area contributed by atoms with Gasteiger partial charge in [-0.05, 0) is 12.5 Å². The number of amides is 2. The molecule has 8 heteroatoms. The quantitative estimate of drug-likeness (QED) is 0.823.